The van der Waals surface area contributed by atoms with Crippen LogP contribution in [-0.2, 0) is 19.6 Å². The summed E-state index contributed by atoms with van der Waals surface area (Å²) in [5, 5.41) is 12.5. The minimum absolute atomic E-state index is 0.0207. The number of fused-ring (bicyclic) bond motifs is 1. The number of carbonyl (C=O) groups is 2. The van der Waals surface area contributed by atoms with Crippen LogP contribution < -0.4 is 10.1 Å². The SMILES string of the molecule is C[C@@H]1CCCCO[C@H](CN(C)S(=O)(=O)c2ccc(F)cc2)[C@@H](C)CN([C@@H](C)CO)C(=O)c2cc(NC(=O)CCC(F)(F)F)ccc2O1. The molecule has 0 radical (unpaired) electrons. The van der Waals surface area contributed by atoms with Gasteiger partial charge in [-0.25, -0.2) is 12.8 Å². The van der Waals surface area contributed by atoms with Gasteiger partial charge in [0.1, 0.15) is 11.6 Å². The predicted molar refractivity (Wildman–Crippen MR) is 167 cm³/mol. The number of amides is 2. The van der Waals surface area contributed by atoms with E-state index in [2.05, 4.69) is 5.32 Å². The van der Waals surface area contributed by atoms with Gasteiger partial charge in [-0.2, -0.15) is 17.5 Å². The topological polar surface area (TPSA) is 125 Å². The summed E-state index contributed by atoms with van der Waals surface area (Å²) >= 11 is 0. The van der Waals surface area contributed by atoms with Crippen LogP contribution in [0.1, 0.15) is 63.2 Å². The summed E-state index contributed by atoms with van der Waals surface area (Å²) in [6, 6.07) is 8.01. The van der Waals surface area contributed by atoms with Crippen LogP contribution in [0.5, 0.6) is 5.75 Å². The number of hydrogen-bond donors (Lipinski definition) is 2. The van der Waals surface area contributed by atoms with Crippen molar-refractivity contribution >= 4 is 27.5 Å². The highest BCUT2D eigenvalue weighted by atomic mass is 32.2. The molecule has 3 rings (SSSR count). The van der Waals surface area contributed by atoms with Gasteiger partial charge in [-0.05, 0) is 75.6 Å². The lowest BCUT2D eigenvalue weighted by molar-refractivity contribution is -0.142. The van der Waals surface area contributed by atoms with E-state index in [-0.39, 0.29) is 41.1 Å². The number of anilines is 1. The second-order valence-corrected chi connectivity index (χ2v) is 14.0. The smallest absolute Gasteiger partial charge is 0.389 e. The summed E-state index contributed by atoms with van der Waals surface area (Å²) in [6.07, 6.45) is -5.72. The Hall–Kier alpha value is -3.27. The van der Waals surface area contributed by atoms with Gasteiger partial charge in [-0.1, -0.05) is 6.92 Å². The van der Waals surface area contributed by atoms with Gasteiger partial charge in [0.05, 0.1) is 41.7 Å². The van der Waals surface area contributed by atoms with Crippen molar-refractivity contribution in [3.05, 3.63) is 53.8 Å². The van der Waals surface area contributed by atoms with Crippen LogP contribution in [0.2, 0.25) is 0 Å². The molecule has 47 heavy (non-hydrogen) atoms. The first-order valence-electron chi connectivity index (χ1n) is 15.4. The van der Waals surface area contributed by atoms with Crippen molar-refractivity contribution in [3.63, 3.8) is 0 Å². The molecule has 1 aliphatic heterocycles. The maximum atomic E-state index is 14.2. The Bertz CT molecular complexity index is 1460. The Kier molecular flexibility index (Phi) is 13.6. The molecule has 4 atom stereocenters. The summed E-state index contributed by atoms with van der Waals surface area (Å²) in [4.78, 5) is 27.7. The highest BCUT2D eigenvalue weighted by Gasteiger charge is 2.33. The number of ether oxygens (including phenoxy) is 2. The lowest BCUT2D eigenvalue weighted by atomic mass is 10.0. The monoisotopic (exact) mass is 689 g/mol. The number of carbonyl (C=O) groups excluding carboxylic acids is 2. The van der Waals surface area contributed by atoms with Gasteiger partial charge in [0.15, 0.2) is 0 Å². The second-order valence-electron chi connectivity index (χ2n) is 11.9. The van der Waals surface area contributed by atoms with Gasteiger partial charge < -0.3 is 24.8 Å². The number of nitrogens with one attached hydrogen (secondary N) is 1. The van der Waals surface area contributed by atoms with Crippen molar-refractivity contribution in [2.24, 2.45) is 5.92 Å². The van der Waals surface area contributed by atoms with Gasteiger partial charge in [-0.15, -0.1) is 0 Å². The molecule has 1 aliphatic rings. The Morgan fingerprint density at radius 2 is 1.83 bits per heavy atom. The van der Waals surface area contributed by atoms with E-state index < -0.39 is 71.3 Å². The summed E-state index contributed by atoms with van der Waals surface area (Å²) in [6.45, 7) is 5.07. The highest BCUT2D eigenvalue weighted by molar-refractivity contribution is 7.89. The van der Waals surface area contributed by atoms with E-state index in [1.807, 2.05) is 6.92 Å². The largest absolute Gasteiger partial charge is 0.490 e. The molecular weight excluding hydrogens is 646 g/mol. The normalized spacial score (nSPS) is 21.0. The van der Waals surface area contributed by atoms with Gasteiger partial charge in [0, 0.05) is 44.8 Å². The predicted octanol–water partition coefficient (Wildman–Crippen LogP) is 5.22. The molecule has 2 aromatic rings. The fourth-order valence-electron chi connectivity index (χ4n) is 5.08. The maximum Gasteiger partial charge on any atom is 0.389 e. The molecule has 15 heteroatoms. The number of benzene rings is 2. The Labute approximate surface area is 273 Å². The summed E-state index contributed by atoms with van der Waals surface area (Å²) in [5.41, 5.74) is 0.128. The van der Waals surface area contributed by atoms with Crippen LogP contribution in [0.3, 0.4) is 0 Å². The van der Waals surface area contributed by atoms with Crippen LogP contribution in [0.15, 0.2) is 47.4 Å². The van der Waals surface area contributed by atoms with Crippen molar-refractivity contribution in [3.8, 4) is 5.75 Å². The average Bonchev–Trinajstić information content (AvgIpc) is 3.01. The maximum absolute atomic E-state index is 14.2. The van der Waals surface area contributed by atoms with Gasteiger partial charge in [0.2, 0.25) is 15.9 Å². The van der Waals surface area contributed by atoms with Crippen molar-refractivity contribution in [1.29, 1.82) is 0 Å². The van der Waals surface area contributed by atoms with Crippen LogP contribution in [0, 0.1) is 11.7 Å². The fourth-order valence-corrected chi connectivity index (χ4v) is 6.26. The zero-order chi connectivity index (χ0) is 34.9. The highest BCUT2D eigenvalue weighted by Crippen LogP contribution is 2.29. The van der Waals surface area contributed by atoms with Crippen molar-refractivity contribution in [1.82, 2.24) is 9.21 Å². The van der Waals surface area contributed by atoms with Crippen LogP contribution in [0.25, 0.3) is 0 Å². The minimum atomic E-state index is -4.51. The molecule has 2 amide bonds. The standard InChI is InChI=1S/C32H43F4N3O7S/c1-21-18-39(22(2)20-40)31(42)27-17-25(37-30(41)14-15-32(34,35)36)10-13-28(27)46-23(3)7-5-6-16-45-29(21)19-38(4)47(43,44)26-11-8-24(33)9-12-26/h8-13,17,21-23,29,40H,5-7,14-16,18-20H2,1-4H3,(H,37,41)/t21-,22-,23+,29+/m0/s1. The summed E-state index contributed by atoms with van der Waals surface area (Å²) in [5.74, 6) is -2.28. The Balaban J connectivity index is 1.94. The van der Waals surface area contributed by atoms with Gasteiger partial charge in [0.25, 0.3) is 5.91 Å². The third-order valence-corrected chi connectivity index (χ3v) is 9.77. The molecule has 0 saturated heterocycles. The number of likely N-dealkylation sites (N-methyl/N-ethyl adjacent to an activating group) is 1. The quantitative estimate of drug-likeness (QED) is 0.346. The molecule has 2 aromatic carbocycles. The molecule has 0 saturated carbocycles. The first-order valence-corrected chi connectivity index (χ1v) is 16.9. The number of nitrogens with zero attached hydrogens (tertiary/aromatic N) is 2. The lowest BCUT2D eigenvalue weighted by Crippen LogP contribution is -2.48. The lowest BCUT2D eigenvalue weighted by Gasteiger charge is -2.35. The molecular formula is C32H43F4N3O7S. The average molecular weight is 690 g/mol. The Morgan fingerprint density at radius 1 is 1.15 bits per heavy atom. The molecule has 0 fully saturated rings. The molecule has 0 unspecified atom stereocenters. The molecule has 2 N–H and O–H groups in total. The Morgan fingerprint density at radius 3 is 2.47 bits per heavy atom. The third kappa shape index (κ3) is 11.2. The number of rotatable bonds is 9. The van der Waals surface area contributed by atoms with E-state index in [1.54, 1.807) is 13.8 Å². The molecule has 0 aliphatic carbocycles. The van der Waals surface area contributed by atoms with E-state index >= 15 is 0 Å². The summed E-state index contributed by atoms with van der Waals surface area (Å²) < 4.78 is 91.4. The van der Waals surface area contributed by atoms with Gasteiger partial charge >= 0.3 is 6.18 Å². The molecule has 10 nitrogen and oxygen atoms in total. The molecule has 0 aromatic heterocycles. The second kappa shape index (κ2) is 16.7. The van der Waals surface area contributed by atoms with Crippen LogP contribution in [-0.4, -0.2) is 92.3 Å². The number of aliphatic hydroxyl groups excluding tert-OH is 1. The zero-order valence-corrected chi connectivity index (χ0v) is 27.7. The number of alkyl halides is 3. The molecule has 1 heterocycles. The molecule has 0 bridgehead atoms. The van der Waals surface area contributed by atoms with E-state index in [0.29, 0.717) is 25.9 Å². The summed E-state index contributed by atoms with van der Waals surface area (Å²) in [7, 11) is -2.62. The van der Waals surface area contributed by atoms with Crippen molar-refractivity contribution < 1.29 is 50.1 Å². The van der Waals surface area contributed by atoms with E-state index in [1.165, 1.54) is 42.3 Å². The van der Waals surface area contributed by atoms with Gasteiger partial charge in [-0.3, -0.25) is 9.59 Å². The van der Waals surface area contributed by atoms with E-state index in [9.17, 15) is 40.7 Å². The number of hydrogen-bond acceptors (Lipinski definition) is 7. The fraction of sp³-hybridized carbons (Fsp3) is 0.562. The number of sulfonamides is 1. The molecule has 0 spiro atoms. The minimum Gasteiger partial charge on any atom is -0.490 e. The van der Waals surface area contributed by atoms with Crippen molar-refractivity contribution in [2.75, 3.05) is 38.7 Å². The number of halogens is 4. The third-order valence-electron chi connectivity index (χ3n) is 7.93. The first kappa shape index (κ1) is 38.2. The van der Waals surface area contributed by atoms with E-state index in [0.717, 1.165) is 16.4 Å². The van der Waals surface area contributed by atoms with Crippen molar-refractivity contribution in [2.45, 2.75) is 82.2 Å². The zero-order valence-electron chi connectivity index (χ0n) is 26.9. The van der Waals surface area contributed by atoms with Crippen LogP contribution >= 0.6 is 0 Å². The van der Waals surface area contributed by atoms with Crippen LogP contribution in [0.4, 0.5) is 23.2 Å². The van der Waals surface area contributed by atoms with E-state index in [4.69, 9.17) is 9.47 Å². The first-order chi connectivity index (χ1) is 22.0. The number of aliphatic hydroxyl groups is 1. The molecule has 262 valence electrons.